The second-order valence-corrected chi connectivity index (χ2v) is 5.96. The first-order chi connectivity index (χ1) is 7.65. The summed E-state index contributed by atoms with van der Waals surface area (Å²) in [5, 5.41) is 1.96. The molecule has 0 aliphatic rings. The van der Waals surface area contributed by atoms with Crippen LogP contribution >= 0.6 is 57.6 Å². The Bertz CT molecular complexity index is 505. The first-order valence-corrected chi connectivity index (χ1v) is 6.91. The Morgan fingerprint density at radius 1 is 1.12 bits per heavy atom. The van der Waals surface area contributed by atoms with Crippen molar-refractivity contribution in [2.75, 3.05) is 0 Å². The molecule has 0 amide bonds. The molecule has 0 bridgehead atoms. The van der Waals surface area contributed by atoms with Gasteiger partial charge in [-0.2, -0.15) is 0 Å². The maximum atomic E-state index is 6.04. The van der Waals surface area contributed by atoms with Crippen molar-refractivity contribution in [2.45, 2.75) is 10.1 Å². The lowest BCUT2D eigenvalue weighted by Gasteiger charge is -2.03. The summed E-state index contributed by atoms with van der Waals surface area (Å²) in [5.74, 6) is 0. The van der Waals surface area contributed by atoms with E-state index in [1.54, 1.807) is 30.6 Å². The van der Waals surface area contributed by atoms with Crippen LogP contribution in [0.2, 0.25) is 10.0 Å². The molecular formula is C10H5Cl2IN2S. The van der Waals surface area contributed by atoms with Gasteiger partial charge in [-0.3, -0.25) is 0 Å². The third kappa shape index (κ3) is 3.23. The lowest BCUT2D eigenvalue weighted by atomic mass is 10.4. The van der Waals surface area contributed by atoms with Crippen molar-refractivity contribution in [3.8, 4) is 0 Å². The molecule has 16 heavy (non-hydrogen) atoms. The molecule has 1 aromatic heterocycles. The van der Waals surface area contributed by atoms with Crippen LogP contribution in [0.25, 0.3) is 0 Å². The van der Waals surface area contributed by atoms with E-state index in [4.69, 9.17) is 23.2 Å². The molecule has 0 aliphatic carbocycles. The molecule has 6 heteroatoms. The van der Waals surface area contributed by atoms with E-state index in [9.17, 15) is 0 Å². The van der Waals surface area contributed by atoms with Crippen LogP contribution in [-0.2, 0) is 0 Å². The third-order valence-corrected chi connectivity index (χ3v) is 3.88. The fourth-order valence-electron chi connectivity index (χ4n) is 1.01. The normalized spacial score (nSPS) is 10.4. The quantitative estimate of drug-likeness (QED) is 0.563. The Morgan fingerprint density at radius 2 is 1.81 bits per heavy atom. The Balaban J connectivity index is 2.26. The lowest BCUT2D eigenvalue weighted by molar-refractivity contribution is 0.957. The van der Waals surface area contributed by atoms with Crippen LogP contribution in [0, 0.1) is 3.57 Å². The number of halogens is 3. The molecule has 0 radical (unpaired) electrons. The summed E-state index contributed by atoms with van der Waals surface area (Å²) in [5.41, 5.74) is 0. The van der Waals surface area contributed by atoms with Gasteiger partial charge in [0.25, 0.3) is 0 Å². The van der Waals surface area contributed by atoms with Crippen molar-refractivity contribution >= 4 is 57.6 Å². The summed E-state index contributed by atoms with van der Waals surface area (Å²) < 4.78 is 0.999. The molecule has 0 spiro atoms. The van der Waals surface area contributed by atoms with E-state index in [1.165, 1.54) is 11.8 Å². The van der Waals surface area contributed by atoms with E-state index in [0.717, 1.165) is 8.47 Å². The molecule has 0 saturated heterocycles. The highest BCUT2D eigenvalue weighted by Gasteiger charge is 2.05. The van der Waals surface area contributed by atoms with Gasteiger partial charge in [-0.25, -0.2) is 9.97 Å². The van der Waals surface area contributed by atoms with Crippen molar-refractivity contribution in [1.82, 2.24) is 9.97 Å². The van der Waals surface area contributed by atoms with Gasteiger partial charge in [-0.15, -0.1) is 0 Å². The smallest absolute Gasteiger partial charge is 0.192 e. The van der Waals surface area contributed by atoms with Crippen molar-refractivity contribution in [3.05, 3.63) is 44.2 Å². The van der Waals surface area contributed by atoms with E-state index in [1.807, 2.05) is 0 Å². The summed E-state index contributed by atoms with van der Waals surface area (Å²) in [7, 11) is 0. The highest BCUT2D eigenvalue weighted by atomic mass is 127. The van der Waals surface area contributed by atoms with Crippen LogP contribution in [0.5, 0.6) is 0 Å². The molecule has 0 N–H and O–H groups in total. The van der Waals surface area contributed by atoms with Gasteiger partial charge in [-0.1, -0.05) is 23.2 Å². The minimum Gasteiger partial charge on any atom is -0.230 e. The van der Waals surface area contributed by atoms with Gasteiger partial charge in [0.2, 0.25) is 0 Å². The van der Waals surface area contributed by atoms with Gasteiger partial charge in [0.05, 0.1) is 5.02 Å². The van der Waals surface area contributed by atoms with E-state index in [2.05, 4.69) is 32.6 Å². The van der Waals surface area contributed by atoms with Crippen LogP contribution in [0.4, 0.5) is 0 Å². The van der Waals surface area contributed by atoms with Gasteiger partial charge in [0.15, 0.2) is 5.16 Å². The first-order valence-electron chi connectivity index (χ1n) is 4.25. The number of hydrogen-bond donors (Lipinski definition) is 0. The zero-order valence-corrected chi connectivity index (χ0v) is 12.3. The highest BCUT2D eigenvalue weighted by molar-refractivity contribution is 14.1. The average Bonchev–Trinajstić information content (AvgIpc) is 2.27. The number of benzene rings is 1. The maximum absolute atomic E-state index is 6.04. The fourth-order valence-corrected chi connectivity index (χ4v) is 2.51. The Kier molecular flexibility index (Phi) is 4.29. The van der Waals surface area contributed by atoms with Crippen LogP contribution < -0.4 is 0 Å². The van der Waals surface area contributed by atoms with Crippen molar-refractivity contribution in [3.63, 3.8) is 0 Å². The number of aromatic nitrogens is 2. The first kappa shape index (κ1) is 12.4. The van der Waals surface area contributed by atoms with Gasteiger partial charge in [-0.05, 0) is 52.6 Å². The summed E-state index contributed by atoms with van der Waals surface area (Å²) in [6.07, 6.45) is 3.52. The number of hydrogen-bond acceptors (Lipinski definition) is 3. The van der Waals surface area contributed by atoms with E-state index >= 15 is 0 Å². The number of rotatable bonds is 2. The summed E-state index contributed by atoms with van der Waals surface area (Å²) in [4.78, 5) is 9.23. The van der Waals surface area contributed by atoms with Crippen LogP contribution in [0.1, 0.15) is 0 Å². The average molecular weight is 383 g/mol. The maximum Gasteiger partial charge on any atom is 0.192 e. The minimum absolute atomic E-state index is 0.650. The van der Waals surface area contributed by atoms with Crippen molar-refractivity contribution < 1.29 is 0 Å². The molecule has 0 unspecified atom stereocenters. The summed E-state index contributed by atoms with van der Waals surface area (Å²) in [6.45, 7) is 0. The highest BCUT2D eigenvalue weighted by Crippen LogP contribution is 2.33. The predicted octanol–water partition coefficient (Wildman–Crippen LogP) is 4.54. The predicted molar refractivity (Wildman–Crippen MR) is 75.3 cm³/mol. The fraction of sp³-hybridized carbons (Fsp3) is 0. The van der Waals surface area contributed by atoms with Gasteiger partial charge >= 0.3 is 0 Å². The van der Waals surface area contributed by atoms with E-state index in [-0.39, 0.29) is 0 Å². The van der Waals surface area contributed by atoms with Crippen molar-refractivity contribution in [1.29, 1.82) is 0 Å². The molecule has 82 valence electrons. The molecule has 0 saturated carbocycles. The minimum atomic E-state index is 0.650. The molecule has 0 atom stereocenters. The standard InChI is InChI=1S/C10H5Cl2IN2S/c11-6-1-2-8(12)9(3-6)16-10-14-4-7(13)5-15-10/h1-5H. The van der Waals surface area contributed by atoms with Gasteiger partial charge in [0.1, 0.15) is 0 Å². The monoisotopic (exact) mass is 382 g/mol. The van der Waals surface area contributed by atoms with Gasteiger partial charge < -0.3 is 0 Å². The molecule has 2 aromatic rings. The zero-order chi connectivity index (χ0) is 11.5. The summed E-state index contributed by atoms with van der Waals surface area (Å²) in [6, 6.07) is 5.32. The second-order valence-electron chi connectivity index (χ2n) is 2.86. The van der Waals surface area contributed by atoms with Crippen molar-refractivity contribution in [2.24, 2.45) is 0 Å². The van der Waals surface area contributed by atoms with Gasteiger partial charge in [0, 0.05) is 25.9 Å². The zero-order valence-electron chi connectivity index (χ0n) is 7.82. The molecule has 0 aliphatic heterocycles. The Morgan fingerprint density at radius 3 is 2.50 bits per heavy atom. The molecule has 1 heterocycles. The molecule has 0 fully saturated rings. The molecular weight excluding hydrogens is 378 g/mol. The van der Waals surface area contributed by atoms with E-state index in [0.29, 0.717) is 15.2 Å². The third-order valence-electron chi connectivity index (χ3n) is 1.69. The van der Waals surface area contributed by atoms with Crippen LogP contribution in [-0.4, -0.2) is 9.97 Å². The summed E-state index contributed by atoms with van der Waals surface area (Å²) >= 11 is 15.5. The SMILES string of the molecule is Clc1ccc(Cl)c(Sc2ncc(I)cn2)c1. The largest absolute Gasteiger partial charge is 0.230 e. The Labute approximate surface area is 121 Å². The van der Waals surface area contributed by atoms with E-state index < -0.39 is 0 Å². The topological polar surface area (TPSA) is 25.8 Å². The van der Waals surface area contributed by atoms with Crippen LogP contribution in [0.15, 0.2) is 40.6 Å². The second kappa shape index (κ2) is 5.53. The number of nitrogens with zero attached hydrogens (tertiary/aromatic N) is 2. The molecule has 2 rings (SSSR count). The molecule has 1 aromatic carbocycles. The Hall–Kier alpha value is -0.0400. The van der Waals surface area contributed by atoms with Crippen LogP contribution in [0.3, 0.4) is 0 Å². The lowest BCUT2D eigenvalue weighted by Crippen LogP contribution is -1.86. The molecule has 2 nitrogen and oxygen atoms in total.